The summed E-state index contributed by atoms with van der Waals surface area (Å²) >= 11 is 1.96. The number of aryl methyl sites for hydroxylation is 1. The maximum absolute atomic E-state index is 10.6. The second-order valence-electron chi connectivity index (χ2n) is 3.95. The summed E-state index contributed by atoms with van der Waals surface area (Å²) < 4.78 is 1.60. The summed E-state index contributed by atoms with van der Waals surface area (Å²) in [5, 5.41) is 16.8. The molecular formula is C10H15N3O2S. The molecule has 1 fully saturated rings. The molecule has 0 bridgehead atoms. The van der Waals surface area contributed by atoms with Crippen LogP contribution in [0.3, 0.4) is 0 Å². The van der Waals surface area contributed by atoms with Crippen LogP contribution in [0.5, 0.6) is 0 Å². The normalized spacial score (nSPS) is 16.8. The van der Waals surface area contributed by atoms with E-state index in [0.29, 0.717) is 0 Å². The quantitative estimate of drug-likeness (QED) is 0.849. The second-order valence-corrected chi connectivity index (χ2v) is 5.36. The Labute approximate surface area is 98.2 Å². The van der Waals surface area contributed by atoms with Crippen LogP contribution < -0.4 is 0 Å². The first kappa shape index (κ1) is 11.4. The van der Waals surface area contributed by atoms with Gasteiger partial charge in [0.05, 0.1) is 12.7 Å². The molecule has 5 nitrogen and oxygen atoms in total. The molecule has 0 saturated heterocycles. The molecular weight excluding hydrogens is 226 g/mol. The standard InChI is InChI=1S/C10H15N3O2S/c14-10(15)9-7-13(12-11-9)5-6-16-8-3-1-2-4-8/h7-8H,1-6H2,(H,14,15). The van der Waals surface area contributed by atoms with Crippen LogP contribution in [-0.2, 0) is 6.54 Å². The van der Waals surface area contributed by atoms with E-state index in [1.165, 1.54) is 31.9 Å². The molecule has 1 aromatic rings. The lowest BCUT2D eigenvalue weighted by atomic mass is 10.4. The monoisotopic (exact) mass is 241 g/mol. The lowest BCUT2D eigenvalue weighted by Gasteiger charge is -2.07. The zero-order chi connectivity index (χ0) is 11.4. The van der Waals surface area contributed by atoms with Crippen LogP contribution in [0.4, 0.5) is 0 Å². The molecule has 0 aromatic carbocycles. The molecule has 1 aliphatic rings. The number of aromatic carboxylic acids is 1. The minimum atomic E-state index is -1.02. The van der Waals surface area contributed by atoms with Crippen molar-refractivity contribution in [1.82, 2.24) is 15.0 Å². The molecule has 1 saturated carbocycles. The first-order chi connectivity index (χ1) is 7.75. The fraction of sp³-hybridized carbons (Fsp3) is 0.700. The minimum absolute atomic E-state index is 0.0193. The van der Waals surface area contributed by atoms with E-state index in [9.17, 15) is 4.79 Å². The molecule has 0 spiro atoms. The predicted octanol–water partition coefficient (Wildman–Crippen LogP) is 1.65. The average molecular weight is 241 g/mol. The number of rotatable bonds is 5. The summed E-state index contributed by atoms with van der Waals surface area (Å²) in [7, 11) is 0. The van der Waals surface area contributed by atoms with E-state index in [2.05, 4.69) is 10.3 Å². The maximum atomic E-state index is 10.6. The summed E-state index contributed by atoms with van der Waals surface area (Å²) in [6, 6.07) is 0. The number of hydrogen-bond acceptors (Lipinski definition) is 4. The Bertz CT molecular complexity index is 361. The summed E-state index contributed by atoms with van der Waals surface area (Å²) in [6.45, 7) is 0.738. The number of hydrogen-bond donors (Lipinski definition) is 1. The van der Waals surface area contributed by atoms with Gasteiger partial charge in [-0.05, 0) is 12.8 Å². The Morgan fingerprint density at radius 3 is 2.94 bits per heavy atom. The van der Waals surface area contributed by atoms with Gasteiger partial charge in [0.2, 0.25) is 0 Å². The first-order valence-electron chi connectivity index (χ1n) is 5.51. The molecule has 0 radical (unpaired) electrons. The SMILES string of the molecule is O=C(O)c1cn(CCSC2CCCC2)nn1. The molecule has 1 aliphatic carbocycles. The van der Waals surface area contributed by atoms with Crippen LogP contribution in [0.1, 0.15) is 36.2 Å². The molecule has 0 atom stereocenters. The van der Waals surface area contributed by atoms with E-state index >= 15 is 0 Å². The number of carbonyl (C=O) groups is 1. The van der Waals surface area contributed by atoms with Gasteiger partial charge in [0.15, 0.2) is 5.69 Å². The smallest absolute Gasteiger partial charge is 0.358 e. The van der Waals surface area contributed by atoms with Gasteiger partial charge in [-0.15, -0.1) is 5.10 Å². The molecule has 1 heterocycles. The van der Waals surface area contributed by atoms with Crippen LogP contribution in [0.15, 0.2) is 6.20 Å². The third-order valence-electron chi connectivity index (χ3n) is 2.73. The first-order valence-corrected chi connectivity index (χ1v) is 6.55. The van der Waals surface area contributed by atoms with Crippen molar-refractivity contribution in [1.29, 1.82) is 0 Å². The van der Waals surface area contributed by atoms with Gasteiger partial charge in [-0.25, -0.2) is 4.79 Å². The van der Waals surface area contributed by atoms with Crippen molar-refractivity contribution in [3.05, 3.63) is 11.9 Å². The van der Waals surface area contributed by atoms with Gasteiger partial charge in [-0.1, -0.05) is 18.1 Å². The van der Waals surface area contributed by atoms with E-state index in [1.807, 2.05) is 11.8 Å². The molecule has 0 amide bonds. The predicted molar refractivity (Wildman–Crippen MR) is 61.7 cm³/mol. The van der Waals surface area contributed by atoms with Gasteiger partial charge < -0.3 is 5.11 Å². The van der Waals surface area contributed by atoms with Gasteiger partial charge in [0, 0.05) is 11.0 Å². The lowest BCUT2D eigenvalue weighted by molar-refractivity contribution is 0.0690. The summed E-state index contributed by atoms with van der Waals surface area (Å²) in [6.07, 6.45) is 6.83. The largest absolute Gasteiger partial charge is 0.476 e. The van der Waals surface area contributed by atoms with E-state index in [4.69, 9.17) is 5.11 Å². The highest BCUT2D eigenvalue weighted by molar-refractivity contribution is 7.99. The second kappa shape index (κ2) is 5.34. The highest BCUT2D eigenvalue weighted by Crippen LogP contribution is 2.29. The van der Waals surface area contributed by atoms with Crippen molar-refractivity contribution >= 4 is 17.7 Å². The van der Waals surface area contributed by atoms with E-state index in [0.717, 1.165) is 17.5 Å². The Morgan fingerprint density at radius 2 is 2.31 bits per heavy atom. The summed E-state index contributed by atoms with van der Waals surface area (Å²) in [5.41, 5.74) is 0.0193. The summed E-state index contributed by atoms with van der Waals surface area (Å²) in [4.78, 5) is 10.6. The van der Waals surface area contributed by atoms with Crippen LogP contribution in [0.2, 0.25) is 0 Å². The fourth-order valence-electron chi connectivity index (χ4n) is 1.87. The van der Waals surface area contributed by atoms with Gasteiger partial charge in [-0.2, -0.15) is 11.8 Å². The molecule has 16 heavy (non-hydrogen) atoms. The van der Waals surface area contributed by atoms with Crippen molar-refractivity contribution in [2.45, 2.75) is 37.5 Å². The Hall–Kier alpha value is -1.04. The molecule has 88 valence electrons. The summed E-state index contributed by atoms with van der Waals surface area (Å²) in [5.74, 6) is -0.0395. The van der Waals surface area contributed by atoms with Gasteiger partial charge in [-0.3, -0.25) is 4.68 Å². The van der Waals surface area contributed by atoms with Gasteiger partial charge in [0.1, 0.15) is 0 Å². The molecule has 6 heteroatoms. The van der Waals surface area contributed by atoms with Crippen molar-refractivity contribution < 1.29 is 9.90 Å². The van der Waals surface area contributed by atoms with Gasteiger partial charge >= 0.3 is 5.97 Å². The zero-order valence-electron chi connectivity index (χ0n) is 9.00. The Kier molecular flexibility index (Phi) is 3.82. The number of thioether (sulfide) groups is 1. The zero-order valence-corrected chi connectivity index (χ0v) is 9.82. The van der Waals surface area contributed by atoms with E-state index in [-0.39, 0.29) is 5.69 Å². The third-order valence-corrected chi connectivity index (χ3v) is 4.09. The van der Waals surface area contributed by atoms with E-state index in [1.54, 1.807) is 4.68 Å². The number of carboxylic acids is 1. The Balaban J connectivity index is 1.74. The maximum Gasteiger partial charge on any atom is 0.358 e. The molecule has 0 aliphatic heterocycles. The fourth-order valence-corrected chi connectivity index (χ4v) is 3.17. The van der Waals surface area contributed by atoms with E-state index < -0.39 is 5.97 Å². The number of carboxylic acid groups (broad SMARTS) is 1. The average Bonchev–Trinajstić information content (AvgIpc) is 2.87. The highest BCUT2D eigenvalue weighted by atomic mass is 32.2. The molecule has 2 rings (SSSR count). The highest BCUT2D eigenvalue weighted by Gasteiger charge is 2.15. The van der Waals surface area contributed by atoms with Crippen molar-refractivity contribution in [2.24, 2.45) is 0 Å². The number of aromatic nitrogens is 3. The topological polar surface area (TPSA) is 68.0 Å². The van der Waals surface area contributed by atoms with Crippen LogP contribution >= 0.6 is 11.8 Å². The molecule has 0 unspecified atom stereocenters. The molecule has 1 aromatic heterocycles. The van der Waals surface area contributed by atoms with Crippen molar-refractivity contribution in [2.75, 3.05) is 5.75 Å². The van der Waals surface area contributed by atoms with Crippen molar-refractivity contribution in [3.8, 4) is 0 Å². The van der Waals surface area contributed by atoms with Crippen LogP contribution in [-0.4, -0.2) is 37.1 Å². The molecule has 1 N–H and O–H groups in total. The third kappa shape index (κ3) is 2.98. The van der Waals surface area contributed by atoms with Crippen LogP contribution in [0, 0.1) is 0 Å². The minimum Gasteiger partial charge on any atom is -0.476 e. The van der Waals surface area contributed by atoms with Gasteiger partial charge in [0.25, 0.3) is 0 Å². The van der Waals surface area contributed by atoms with Crippen LogP contribution in [0.25, 0.3) is 0 Å². The number of nitrogens with zero attached hydrogens (tertiary/aromatic N) is 3. The van der Waals surface area contributed by atoms with Crippen molar-refractivity contribution in [3.63, 3.8) is 0 Å². The Morgan fingerprint density at radius 1 is 1.56 bits per heavy atom. The lowest BCUT2D eigenvalue weighted by Crippen LogP contribution is -2.04.